The van der Waals surface area contributed by atoms with Crippen LogP contribution >= 0.6 is 11.8 Å². The summed E-state index contributed by atoms with van der Waals surface area (Å²) in [5.74, 6) is -0.958. The van der Waals surface area contributed by atoms with Gasteiger partial charge in [-0.2, -0.15) is 0 Å². The summed E-state index contributed by atoms with van der Waals surface area (Å²) in [4.78, 5) is 41.0. The second-order valence-electron chi connectivity index (χ2n) is 10.4. The molecule has 0 fully saturated rings. The number of nitrogens with one attached hydrogen (secondary N) is 3. The normalized spacial score (nSPS) is 11.6. The molecule has 0 aliphatic carbocycles. The second kappa shape index (κ2) is 16.1. The van der Waals surface area contributed by atoms with E-state index in [1.807, 2.05) is 36.4 Å². The molecule has 5 rings (SSSR count). The predicted molar refractivity (Wildman–Crippen MR) is 187 cm³/mol. The number of ether oxygens (including phenoxy) is 2. The van der Waals surface area contributed by atoms with Crippen molar-refractivity contribution < 1.29 is 28.2 Å². The Morgan fingerprint density at radius 2 is 1.35 bits per heavy atom. The summed E-state index contributed by atoms with van der Waals surface area (Å²) in [6.07, 6.45) is 1.29. The van der Waals surface area contributed by atoms with Gasteiger partial charge in [-0.3, -0.25) is 14.4 Å². The first-order chi connectivity index (χ1) is 23.3. The van der Waals surface area contributed by atoms with Gasteiger partial charge in [-0.1, -0.05) is 72.8 Å². The molecule has 3 amide bonds. The molecule has 0 bridgehead atoms. The van der Waals surface area contributed by atoms with E-state index in [2.05, 4.69) is 16.0 Å². The number of halogens is 1. The van der Waals surface area contributed by atoms with Crippen molar-refractivity contribution in [3.63, 3.8) is 0 Å². The molecular weight excluding hydrogens is 629 g/mol. The highest BCUT2D eigenvalue weighted by Gasteiger charge is 2.23. The SMILES string of the molecule is COc1cc(NC(=O)C(Sc2cccc(NC(=O)/C(=C/c3ccccc3F)NC(=O)c3ccccc3)c2)c2ccccc2)cc(OC)c1. The highest BCUT2D eigenvalue weighted by Crippen LogP contribution is 2.38. The van der Waals surface area contributed by atoms with E-state index in [0.29, 0.717) is 33.3 Å². The average Bonchev–Trinajstić information content (AvgIpc) is 3.11. The van der Waals surface area contributed by atoms with Gasteiger partial charge < -0.3 is 25.4 Å². The molecule has 8 nitrogen and oxygen atoms in total. The minimum atomic E-state index is -0.670. The lowest BCUT2D eigenvalue weighted by Gasteiger charge is -2.18. The molecule has 5 aromatic carbocycles. The summed E-state index contributed by atoms with van der Waals surface area (Å²) in [7, 11) is 3.06. The number of hydrogen-bond acceptors (Lipinski definition) is 6. The molecule has 5 aromatic rings. The number of rotatable bonds is 12. The maximum atomic E-state index is 14.6. The Kier molecular flexibility index (Phi) is 11.2. The van der Waals surface area contributed by atoms with E-state index in [-0.39, 0.29) is 17.2 Å². The number of carbonyl (C=O) groups is 3. The number of methoxy groups -OCH3 is 2. The minimum Gasteiger partial charge on any atom is -0.497 e. The summed E-state index contributed by atoms with van der Waals surface area (Å²) in [5.41, 5.74) is 1.99. The van der Waals surface area contributed by atoms with Crippen molar-refractivity contribution in [3.8, 4) is 11.5 Å². The number of hydrogen-bond donors (Lipinski definition) is 3. The molecule has 242 valence electrons. The van der Waals surface area contributed by atoms with Gasteiger partial charge in [0.2, 0.25) is 5.91 Å². The van der Waals surface area contributed by atoms with Crippen molar-refractivity contribution in [2.45, 2.75) is 10.1 Å². The molecule has 0 spiro atoms. The van der Waals surface area contributed by atoms with Gasteiger partial charge in [0.25, 0.3) is 11.8 Å². The average molecular weight is 662 g/mol. The van der Waals surface area contributed by atoms with E-state index in [4.69, 9.17) is 9.47 Å². The fraction of sp³-hybridized carbons (Fsp3) is 0.0789. The van der Waals surface area contributed by atoms with Crippen molar-refractivity contribution in [2.75, 3.05) is 24.9 Å². The van der Waals surface area contributed by atoms with Gasteiger partial charge in [-0.15, -0.1) is 11.8 Å². The number of anilines is 2. The van der Waals surface area contributed by atoms with Crippen LogP contribution in [0.4, 0.5) is 15.8 Å². The fourth-order valence-electron chi connectivity index (χ4n) is 4.66. The quantitative estimate of drug-likeness (QED) is 0.0934. The Bertz CT molecular complexity index is 1910. The lowest BCUT2D eigenvalue weighted by Crippen LogP contribution is -2.30. The van der Waals surface area contributed by atoms with Crippen LogP contribution in [-0.4, -0.2) is 31.9 Å². The van der Waals surface area contributed by atoms with Crippen LogP contribution in [0, 0.1) is 5.82 Å². The standard InChI is InChI=1S/C38H32FN3O5S/c1-46-30-21-29(22-31(24-30)47-2)41-38(45)35(25-12-5-3-6-13-25)48-32-18-11-17-28(23-32)40-37(44)34(20-27-16-9-10-19-33(27)39)42-36(43)26-14-7-4-8-15-26/h3-24,35H,1-2H3,(H,40,44)(H,41,45)(H,42,43)/b34-20-. The molecule has 0 aliphatic heterocycles. The molecule has 48 heavy (non-hydrogen) atoms. The van der Waals surface area contributed by atoms with Crippen LogP contribution in [0.15, 0.2) is 138 Å². The first kappa shape index (κ1) is 33.5. The highest BCUT2D eigenvalue weighted by molar-refractivity contribution is 8.00. The molecule has 0 heterocycles. The Morgan fingerprint density at radius 1 is 0.708 bits per heavy atom. The maximum Gasteiger partial charge on any atom is 0.272 e. The first-order valence-corrected chi connectivity index (χ1v) is 15.7. The predicted octanol–water partition coefficient (Wildman–Crippen LogP) is 7.72. The molecular formula is C38H32FN3O5S. The van der Waals surface area contributed by atoms with Crippen LogP contribution in [0.1, 0.15) is 26.7 Å². The van der Waals surface area contributed by atoms with Crippen molar-refractivity contribution in [2.24, 2.45) is 0 Å². The fourth-order valence-corrected chi connectivity index (χ4v) is 5.74. The summed E-state index contributed by atoms with van der Waals surface area (Å²) < 4.78 is 25.3. The number of thioether (sulfide) groups is 1. The van der Waals surface area contributed by atoms with E-state index in [1.54, 1.807) is 72.8 Å². The Morgan fingerprint density at radius 3 is 2.02 bits per heavy atom. The van der Waals surface area contributed by atoms with Crippen LogP contribution in [0.3, 0.4) is 0 Å². The van der Waals surface area contributed by atoms with Gasteiger partial charge in [0.15, 0.2) is 0 Å². The van der Waals surface area contributed by atoms with Gasteiger partial charge >= 0.3 is 0 Å². The zero-order valence-corrected chi connectivity index (χ0v) is 26.9. The molecule has 0 saturated heterocycles. The van der Waals surface area contributed by atoms with Crippen LogP contribution in [-0.2, 0) is 9.59 Å². The van der Waals surface area contributed by atoms with E-state index < -0.39 is 22.9 Å². The Hall–Kier alpha value is -5.87. The Balaban J connectivity index is 1.39. The Labute approximate surface area is 282 Å². The largest absolute Gasteiger partial charge is 0.497 e. The zero-order valence-electron chi connectivity index (χ0n) is 26.1. The molecule has 3 N–H and O–H groups in total. The van der Waals surface area contributed by atoms with Crippen LogP contribution < -0.4 is 25.4 Å². The molecule has 0 radical (unpaired) electrons. The second-order valence-corrected chi connectivity index (χ2v) is 11.6. The van der Waals surface area contributed by atoms with E-state index in [1.165, 1.54) is 50.3 Å². The van der Waals surface area contributed by atoms with Crippen LogP contribution in [0.5, 0.6) is 11.5 Å². The highest BCUT2D eigenvalue weighted by atomic mass is 32.2. The van der Waals surface area contributed by atoms with Crippen LogP contribution in [0.2, 0.25) is 0 Å². The maximum absolute atomic E-state index is 14.6. The van der Waals surface area contributed by atoms with Crippen molar-refractivity contribution in [3.05, 3.63) is 156 Å². The molecule has 0 aromatic heterocycles. The van der Waals surface area contributed by atoms with E-state index in [9.17, 15) is 18.8 Å². The van der Waals surface area contributed by atoms with Gasteiger partial charge in [0.1, 0.15) is 28.3 Å². The number of carbonyl (C=O) groups excluding carboxylic acids is 3. The van der Waals surface area contributed by atoms with E-state index >= 15 is 0 Å². The molecule has 1 unspecified atom stereocenters. The molecule has 0 saturated carbocycles. The lowest BCUT2D eigenvalue weighted by atomic mass is 10.1. The number of amides is 3. The molecule has 1 atom stereocenters. The summed E-state index contributed by atoms with van der Waals surface area (Å²) in [6, 6.07) is 35.7. The van der Waals surface area contributed by atoms with Gasteiger partial charge in [-0.25, -0.2) is 4.39 Å². The molecule has 0 aliphatic rings. The molecule has 10 heteroatoms. The first-order valence-electron chi connectivity index (χ1n) is 14.8. The van der Waals surface area contributed by atoms with Crippen molar-refractivity contribution in [1.82, 2.24) is 5.32 Å². The third-order valence-corrected chi connectivity index (χ3v) is 8.29. The lowest BCUT2D eigenvalue weighted by molar-refractivity contribution is -0.116. The number of benzene rings is 5. The van der Waals surface area contributed by atoms with Crippen LogP contribution in [0.25, 0.3) is 6.08 Å². The minimum absolute atomic E-state index is 0.130. The van der Waals surface area contributed by atoms with Gasteiger partial charge in [-0.05, 0) is 48.0 Å². The van der Waals surface area contributed by atoms with Crippen molar-refractivity contribution in [1.29, 1.82) is 0 Å². The van der Waals surface area contributed by atoms with E-state index in [0.717, 1.165) is 5.56 Å². The zero-order chi connectivity index (χ0) is 33.9. The van der Waals surface area contributed by atoms with Gasteiger partial charge in [0.05, 0.1) is 14.2 Å². The smallest absolute Gasteiger partial charge is 0.272 e. The third kappa shape index (κ3) is 8.89. The summed E-state index contributed by atoms with van der Waals surface area (Å²) in [6.45, 7) is 0. The summed E-state index contributed by atoms with van der Waals surface area (Å²) in [5, 5.41) is 7.71. The monoisotopic (exact) mass is 661 g/mol. The summed E-state index contributed by atoms with van der Waals surface area (Å²) >= 11 is 1.29. The van der Waals surface area contributed by atoms with Crippen molar-refractivity contribution >= 4 is 46.9 Å². The third-order valence-electron chi connectivity index (χ3n) is 7.04. The van der Waals surface area contributed by atoms with Gasteiger partial charge in [0, 0.05) is 45.6 Å². The topological polar surface area (TPSA) is 106 Å².